The minimum atomic E-state index is 0.555. The number of aryl methyl sites for hydroxylation is 1. The van der Waals surface area contributed by atoms with E-state index >= 15 is 0 Å². The first kappa shape index (κ1) is 11.2. The normalized spacial score (nSPS) is 11.2. The highest BCUT2D eigenvalue weighted by Crippen LogP contribution is 2.27. The molecule has 0 N–H and O–H groups in total. The summed E-state index contributed by atoms with van der Waals surface area (Å²) in [6, 6.07) is 7.23. The molecule has 2 nitrogen and oxygen atoms in total. The zero-order chi connectivity index (χ0) is 11.5. The molecule has 0 fully saturated rings. The predicted octanol–water partition coefficient (Wildman–Crippen LogP) is 4.08. The molecule has 1 aromatic heterocycles. The molecule has 0 spiro atoms. The van der Waals surface area contributed by atoms with Crippen molar-refractivity contribution in [2.24, 2.45) is 12.0 Å². The molecule has 0 radical (unpaired) electrons. The number of aliphatic imine (C=N–C) groups is 1. The van der Waals surface area contributed by atoms with E-state index in [1.807, 2.05) is 30.1 Å². The van der Waals surface area contributed by atoms with Crippen LogP contribution >= 0.6 is 23.2 Å². The first-order valence-corrected chi connectivity index (χ1v) is 5.52. The number of rotatable bonds is 2. The number of halogens is 2. The summed E-state index contributed by atoms with van der Waals surface area (Å²) >= 11 is 11.8. The molecule has 0 aliphatic rings. The Bertz CT molecular complexity index is 530. The van der Waals surface area contributed by atoms with Crippen molar-refractivity contribution in [1.82, 2.24) is 4.57 Å². The van der Waals surface area contributed by atoms with Crippen molar-refractivity contribution in [1.29, 1.82) is 0 Å². The molecule has 16 heavy (non-hydrogen) atoms. The van der Waals surface area contributed by atoms with Crippen molar-refractivity contribution in [3.63, 3.8) is 0 Å². The number of nitrogens with zero attached hydrogens (tertiary/aromatic N) is 2. The summed E-state index contributed by atoms with van der Waals surface area (Å²) in [6.45, 7) is 0. The van der Waals surface area contributed by atoms with Crippen molar-refractivity contribution in [3.8, 4) is 0 Å². The van der Waals surface area contributed by atoms with E-state index < -0.39 is 0 Å². The molecular formula is C12H10Cl2N2. The van der Waals surface area contributed by atoms with Crippen LogP contribution in [0.4, 0.5) is 5.69 Å². The molecule has 0 aliphatic heterocycles. The van der Waals surface area contributed by atoms with E-state index in [0.717, 1.165) is 11.3 Å². The van der Waals surface area contributed by atoms with Crippen molar-refractivity contribution in [2.75, 3.05) is 0 Å². The molecule has 0 atom stereocenters. The molecule has 4 heteroatoms. The predicted molar refractivity (Wildman–Crippen MR) is 69.1 cm³/mol. The van der Waals surface area contributed by atoms with Crippen LogP contribution < -0.4 is 0 Å². The summed E-state index contributed by atoms with van der Waals surface area (Å²) in [6.07, 6.45) is 5.72. The molecule has 0 bridgehead atoms. The van der Waals surface area contributed by atoms with Gasteiger partial charge in [0, 0.05) is 36.2 Å². The average Bonchev–Trinajstić information content (AvgIpc) is 2.63. The molecule has 0 unspecified atom stereocenters. The monoisotopic (exact) mass is 252 g/mol. The number of aromatic nitrogens is 1. The third-order valence-corrected chi connectivity index (χ3v) is 2.66. The molecule has 2 aromatic rings. The minimum absolute atomic E-state index is 0.555. The van der Waals surface area contributed by atoms with Gasteiger partial charge in [-0.15, -0.1) is 0 Å². The van der Waals surface area contributed by atoms with Crippen LogP contribution in [0.2, 0.25) is 10.0 Å². The van der Waals surface area contributed by atoms with Crippen LogP contribution in [-0.4, -0.2) is 10.8 Å². The Morgan fingerprint density at radius 3 is 2.69 bits per heavy atom. The van der Waals surface area contributed by atoms with Gasteiger partial charge in [0.25, 0.3) is 0 Å². The van der Waals surface area contributed by atoms with E-state index in [1.165, 1.54) is 0 Å². The first-order valence-electron chi connectivity index (χ1n) is 4.76. The van der Waals surface area contributed by atoms with Gasteiger partial charge in [-0.25, -0.2) is 0 Å². The summed E-state index contributed by atoms with van der Waals surface area (Å²) in [5.41, 5.74) is 1.75. The quantitative estimate of drug-likeness (QED) is 0.717. The topological polar surface area (TPSA) is 17.3 Å². The SMILES string of the molecule is Cn1ccc(C=Nc2ccc(Cl)cc2Cl)c1. The third-order valence-electron chi connectivity index (χ3n) is 2.12. The third kappa shape index (κ3) is 2.65. The fraction of sp³-hybridized carbons (Fsp3) is 0.0833. The molecule has 1 aromatic carbocycles. The van der Waals surface area contributed by atoms with E-state index in [1.54, 1.807) is 24.4 Å². The van der Waals surface area contributed by atoms with Crippen LogP contribution in [0.5, 0.6) is 0 Å². The number of benzene rings is 1. The summed E-state index contributed by atoms with van der Waals surface area (Å²) in [4.78, 5) is 4.30. The largest absolute Gasteiger partial charge is 0.357 e. The highest BCUT2D eigenvalue weighted by Gasteiger charge is 1.98. The van der Waals surface area contributed by atoms with Crippen LogP contribution in [0.3, 0.4) is 0 Å². The second kappa shape index (κ2) is 4.73. The van der Waals surface area contributed by atoms with Gasteiger partial charge in [-0.3, -0.25) is 4.99 Å². The van der Waals surface area contributed by atoms with E-state index in [2.05, 4.69) is 4.99 Å². The smallest absolute Gasteiger partial charge is 0.0817 e. The van der Waals surface area contributed by atoms with Crippen molar-refractivity contribution >= 4 is 35.1 Å². The van der Waals surface area contributed by atoms with Gasteiger partial charge in [0.15, 0.2) is 0 Å². The maximum atomic E-state index is 6.00. The van der Waals surface area contributed by atoms with Gasteiger partial charge in [0.1, 0.15) is 0 Å². The maximum absolute atomic E-state index is 6.00. The Kier molecular flexibility index (Phi) is 3.32. The van der Waals surface area contributed by atoms with Crippen LogP contribution in [-0.2, 0) is 7.05 Å². The van der Waals surface area contributed by atoms with Gasteiger partial charge in [0.2, 0.25) is 0 Å². The average molecular weight is 253 g/mol. The van der Waals surface area contributed by atoms with Crippen LogP contribution in [0, 0.1) is 0 Å². The van der Waals surface area contributed by atoms with Crippen LogP contribution in [0.15, 0.2) is 41.7 Å². The maximum Gasteiger partial charge on any atom is 0.0817 e. The van der Waals surface area contributed by atoms with E-state index in [-0.39, 0.29) is 0 Å². The van der Waals surface area contributed by atoms with Crippen molar-refractivity contribution in [2.45, 2.75) is 0 Å². The second-order valence-electron chi connectivity index (χ2n) is 3.46. The van der Waals surface area contributed by atoms with Gasteiger partial charge < -0.3 is 4.57 Å². The highest BCUT2D eigenvalue weighted by atomic mass is 35.5. The van der Waals surface area contributed by atoms with Gasteiger partial charge in [-0.1, -0.05) is 23.2 Å². The Balaban J connectivity index is 2.23. The zero-order valence-electron chi connectivity index (χ0n) is 8.69. The Hall–Kier alpha value is -1.25. The molecule has 1 heterocycles. The molecular weight excluding hydrogens is 243 g/mol. The molecule has 82 valence electrons. The van der Waals surface area contributed by atoms with E-state index in [9.17, 15) is 0 Å². The molecule has 0 amide bonds. The van der Waals surface area contributed by atoms with E-state index in [0.29, 0.717) is 10.0 Å². The second-order valence-corrected chi connectivity index (χ2v) is 4.31. The van der Waals surface area contributed by atoms with Gasteiger partial charge in [0.05, 0.1) is 10.7 Å². The first-order chi connectivity index (χ1) is 7.65. The Morgan fingerprint density at radius 1 is 1.25 bits per heavy atom. The fourth-order valence-electron chi connectivity index (χ4n) is 1.33. The van der Waals surface area contributed by atoms with Crippen LogP contribution in [0.25, 0.3) is 0 Å². The van der Waals surface area contributed by atoms with Crippen molar-refractivity contribution in [3.05, 3.63) is 52.3 Å². The molecule has 0 aliphatic carbocycles. The summed E-state index contributed by atoms with van der Waals surface area (Å²) in [7, 11) is 1.96. The molecule has 0 saturated carbocycles. The Morgan fingerprint density at radius 2 is 2.06 bits per heavy atom. The summed E-state index contributed by atoms with van der Waals surface area (Å²) in [5, 5.41) is 1.17. The minimum Gasteiger partial charge on any atom is -0.357 e. The van der Waals surface area contributed by atoms with Crippen molar-refractivity contribution < 1.29 is 0 Å². The number of hydrogen-bond donors (Lipinski definition) is 0. The molecule has 0 saturated heterocycles. The zero-order valence-corrected chi connectivity index (χ0v) is 10.2. The fourth-order valence-corrected chi connectivity index (χ4v) is 1.79. The summed E-state index contributed by atoms with van der Waals surface area (Å²) in [5.74, 6) is 0. The Labute approximate surface area is 104 Å². The lowest BCUT2D eigenvalue weighted by Crippen LogP contribution is -1.80. The lowest BCUT2D eigenvalue weighted by molar-refractivity contribution is 0.927. The summed E-state index contributed by atoms with van der Waals surface area (Å²) < 4.78 is 1.96. The standard InChI is InChI=1S/C12H10Cl2N2/c1-16-5-4-9(8-16)7-15-12-3-2-10(13)6-11(12)14/h2-8H,1H3. The van der Waals surface area contributed by atoms with Gasteiger partial charge in [-0.2, -0.15) is 0 Å². The highest BCUT2D eigenvalue weighted by molar-refractivity contribution is 6.36. The van der Waals surface area contributed by atoms with E-state index in [4.69, 9.17) is 23.2 Å². The molecule has 2 rings (SSSR count). The lowest BCUT2D eigenvalue weighted by atomic mass is 10.3. The van der Waals surface area contributed by atoms with Crippen LogP contribution in [0.1, 0.15) is 5.56 Å². The van der Waals surface area contributed by atoms with Gasteiger partial charge >= 0.3 is 0 Å². The van der Waals surface area contributed by atoms with Gasteiger partial charge in [-0.05, 0) is 24.3 Å². The lowest BCUT2D eigenvalue weighted by Gasteiger charge is -1.97. The number of hydrogen-bond acceptors (Lipinski definition) is 1.